The number of benzene rings is 1. The average Bonchev–Trinajstić information content (AvgIpc) is 2.46. The number of hydrogen-bond donors (Lipinski definition) is 1. The highest BCUT2D eigenvalue weighted by Gasteiger charge is 2.21. The van der Waals surface area contributed by atoms with E-state index < -0.39 is 0 Å². The van der Waals surface area contributed by atoms with E-state index in [2.05, 4.69) is 30.3 Å². The predicted molar refractivity (Wildman–Crippen MR) is 81.6 cm³/mol. The summed E-state index contributed by atoms with van der Waals surface area (Å²) >= 11 is 0. The number of likely N-dealkylation sites (tertiary alicyclic amines) is 1. The Morgan fingerprint density at radius 3 is 2.75 bits per heavy atom. The Labute approximate surface area is 122 Å². The van der Waals surface area contributed by atoms with Crippen LogP contribution in [0, 0.1) is 0 Å². The third-order valence-corrected chi connectivity index (χ3v) is 4.01. The number of ether oxygens (including phenoxy) is 2. The van der Waals surface area contributed by atoms with E-state index in [4.69, 9.17) is 9.47 Å². The Hall–Kier alpha value is -1.26. The van der Waals surface area contributed by atoms with Crippen LogP contribution < -0.4 is 14.8 Å². The summed E-state index contributed by atoms with van der Waals surface area (Å²) in [5, 5.41) is 3.71. The lowest BCUT2D eigenvalue weighted by Gasteiger charge is -2.32. The summed E-state index contributed by atoms with van der Waals surface area (Å²) < 4.78 is 10.8. The molecule has 0 aliphatic carbocycles. The first kappa shape index (κ1) is 15.1. The molecule has 1 aliphatic rings. The van der Waals surface area contributed by atoms with Crippen molar-refractivity contribution in [2.24, 2.45) is 0 Å². The van der Waals surface area contributed by atoms with Gasteiger partial charge >= 0.3 is 0 Å². The minimum absolute atomic E-state index is 0.247. The number of likely N-dealkylation sites (N-methyl/N-ethyl adjacent to an activating group) is 1. The molecule has 1 N–H and O–H groups in total. The van der Waals surface area contributed by atoms with Crippen LogP contribution >= 0.6 is 0 Å². The van der Waals surface area contributed by atoms with Gasteiger partial charge in [-0.3, -0.25) is 0 Å². The Morgan fingerprint density at radius 1 is 1.30 bits per heavy atom. The maximum Gasteiger partial charge on any atom is 0.123 e. The van der Waals surface area contributed by atoms with E-state index in [0.717, 1.165) is 23.6 Å². The Kier molecular flexibility index (Phi) is 5.26. The van der Waals surface area contributed by atoms with Crippen LogP contribution in [0.5, 0.6) is 11.5 Å². The van der Waals surface area contributed by atoms with Gasteiger partial charge in [0, 0.05) is 24.2 Å². The highest BCUT2D eigenvalue weighted by Crippen LogP contribution is 2.29. The van der Waals surface area contributed by atoms with Gasteiger partial charge in [0.25, 0.3) is 0 Å². The summed E-state index contributed by atoms with van der Waals surface area (Å²) in [4.78, 5) is 2.39. The summed E-state index contributed by atoms with van der Waals surface area (Å²) in [6.07, 6.45) is 2.50. The normalized spacial score (nSPS) is 21.5. The van der Waals surface area contributed by atoms with Crippen molar-refractivity contribution < 1.29 is 9.47 Å². The monoisotopic (exact) mass is 278 g/mol. The highest BCUT2D eigenvalue weighted by atomic mass is 16.5. The molecule has 1 aliphatic heterocycles. The molecule has 2 unspecified atom stereocenters. The van der Waals surface area contributed by atoms with Gasteiger partial charge in [0.05, 0.1) is 14.2 Å². The van der Waals surface area contributed by atoms with Crippen molar-refractivity contribution in [3.8, 4) is 11.5 Å². The van der Waals surface area contributed by atoms with E-state index >= 15 is 0 Å². The van der Waals surface area contributed by atoms with Crippen molar-refractivity contribution in [1.82, 2.24) is 10.2 Å². The molecule has 0 saturated carbocycles. The summed E-state index contributed by atoms with van der Waals surface area (Å²) in [5.41, 5.74) is 1.15. The molecule has 2 atom stereocenters. The first-order chi connectivity index (χ1) is 9.63. The molecule has 4 nitrogen and oxygen atoms in total. The van der Waals surface area contributed by atoms with Gasteiger partial charge in [0.1, 0.15) is 11.5 Å². The largest absolute Gasteiger partial charge is 0.497 e. The summed E-state index contributed by atoms with van der Waals surface area (Å²) in [5.74, 6) is 1.78. The number of methoxy groups -OCH3 is 2. The van der Waals surface area contributed by atoms with E-state index in [0.29, 0.717) is 6.04 Å². The van der Waals surface area contributed by atoms with Crippen molar-refractivity contribution >= 4 is 0 Å². The SMILES string of the molecule is COc1ccc(OC)c(C(C)NC2CCCN(C)C2)c1. The smallest absolute Gasteiger partial charge is 0.123 e. The first-order valence-corrected chi connectivity index (χ1v) is 7.30. The summed E-state index contributed by atoms with van der Waals surface area (Å²) in [6, 6.07) is 6.75. The molecule has 20 heavy (non-hydrogen) atoms. The lowest BCUT2D eigenvalue weighted by atomic mass is 10.0. The zero-order chi connectivity index (χ0) is 14.5. The summed E-state index contributed by atoms with van der Waals surface area (Å²) in [7, 11) is 5.59. The molecular formula is C16H26N2O2. The van der Waals surface area contributed by atoms with E-state index in [1.807, 2.05) is 12.1 Å². The van der Waals surface area contributed by atoms with Crippen molar-refractivity contribution in [1.29, 1.82) is 0 Å². The molecular weight excluding hydrogens is 252 g/mol. The quantitative estimate of drug-likeness (QED) is 0.897. The van der Waals surface area contributed by atoms with E-state index in [9.17, 15) is 0 Å². The van der Waals surface area contributed by atoms with Gasteiger partial charge < -0.3 is 19.7 Å². The molecule has 0 amide bonds. The van der Waals surface area contributed by atoms with Gasteiger partial charge in [-0.05, 0) is 51.6 Å². The molecule has 1 aromatic carbocycles. The minimum Gasteiger partial charge on any atom is -0.497 e. The van der Waals surface area contributed by atoms with E-state index in [1.165, 1.54) is 19.4 Å². The molecule has 112 valence electrons. The van der Waals surface area contributed by atoms with Crippen LogP contribution in [0.15, 0.2) is 18.2 Å². The highest BCUT2D eigenvalue weighted by molar-refractivity contribution is 5.42. The van der Waals surface area contributed by atoms with Gasteiger partial charge in [-0.25, -0.2) is 0 Å². The van der Waals surface area contributed by atoms with Crippen LogP contribution in [0.3, 0.4) is 0 Å². The van der Waals surface area contributed by atoms with Crippen molar-refractivity contribution in [3.63, 3.8) is 0 Å². The van der Waals surface area contributed by atoms with Crippen LogP contribution in [-0.2, 0) is 0 Å². The molecule has 0 spiro atoms. The Bertz CT molecular complexity index is 436. The lowest BCUT2D eigenvalue weighted by Crippen LogP contribution is -2.44. The van der Waals surface area contributed by atoms with Crippen LogP contribution in [0.2, 0.25) is 0 Å². The third kappa shape index (κ3) is 3.64. The molecule has 4 heteroatoms. The molecule has 2 rings (SSSR count). The van der Waals surface area contributed by atoms with Crippen LogP contribution in [0.25, 0.3) is 0 Å². The second-order valence-corrected chi connectivity index (χ2v) is 5.60. The predicted octanol–water partition coefficient (Wildman–Crippen LogP) is 2.45. The second-order valence-electron chi connectivity index (χ2n) is 5.60. The fraction of sp³-hybridized carbons (Fsp3) is 0.625. The average molecular weight is 278 g/mol. The lowest BCUT2D eigenvalue weighted by molar-refractivity contribution is 0.218. The zero-order valence-electron chi connectivity index (χ0n) is 13.0. The van der Waals surface area contributed by atoms with Crippen molar-refractivity contribution in [2.45, 2.75) is 31.8 Å². The molecule has 1 saturated heterocycles. The number of hydrogen-bond acceptors (Lipinski definition) is 4. The molecule has 0 bridgehead atoms. The van der Waals surface area contributed by atoms with Crippen molar-refractivity contribution in [3.05, 3.63) is 23.8 Å². The number of nitrogens with one attached hydrogen (secondary N) is 1. The summed E-state index contributed by atoms with van der Waals surface area (Å²) in [6.45, 7) is 4.50. The van der Waals surface area contributed by atoms with Gasteiger partial charge in [-0.2, -0.15) is 0 Å². The van der Waals surface area contributed by atoms with Gasteiger partial charge in [-0.1, -0.05) is 0 Å². The van der Waals surface area contributed by atoms with E-state index in [1.54, 1.807) is 14.2 Å². The molecule has 1 aromatic rings. The molecule has 0 aromatic heterocycles. The fourth-order valence-electron chi connectivity index (χ4n) is 2.92. The topological polar surface area (TPSA) is 33.7 Å². The Morgan fingerprint density at radius 2 is 2.10 bits per heavy atom. The second kappa shape index (κ2) is 6.95. The van der Waals surface area contributed by atoms with Gasteiger partial charge in [0.15, 0.2) is 0 Å². The zero-order valence-corrected chi connectivity index (χ0v) is 13.0. The fourth-order valence-corrected chi connectivity index (χ4v) is 2.92. The Balaban J connectivity index is 2.09. The van der Waals surface area contributed by atoms with E-state index in [-0.39, 0.29) is 6.04 Å². The van der Waals surface area contributed by atoms with Gasteiger partial charge in [0.2, 0.25) is 0 Å². The van der Waals surface area contributed by atoms with Crippen LogP contribution in [-0.4, -0.2) is 45.3 Å². The first-order valence-electron chi connectivity index (χ1n) is 7.30. The maximum atomic E-state index is 5.47. The number of rotatable bonds is 5. The van der Waals surface area contributed by atoms with Crippen molar-refractivity contribution in [2.75, 3.05) is 34.4 Å². The third-order valence-electron chi connectivity index (χ3n) is 4.01. The van der Waals surface area contributed by atoms with Crippen LogP contribution in [0.1, 0.15) is 31.4 Å². The maximum absolute atomic E-state index is 5.47. The molecule has 1 fully saturated rings. The van der Waals surface area contributed by atoms with Gasteiger partial charge in [-0.15, -0.1) is 0 Å². The molecule has 1 heterocycles. The molecule has 0 radical (unpaired) electrons. The van der Waals surface area contributed by atoms with Crippen LogP contribution in [0.4, 0.5) is 0 Å². The standard InChI is InChI=1S/C16H26N2O2/c1-12(17-13-6-5-9-18(2)11-13)15-10-14(19-3)7-8-16(15)20-4/h7-8,10,12-13,17H,5-6,9,11H2,1-4H3. The number of piperidine rings is 1. The minimum atomic E-state index is 0.247. The number of nitrogens with zero attached hydrogens (tertiary/aromatic N) is 1.